The molecule has 0 spiro atoms. The first-order valence-electron chi connectivity index (χ1n) is 5.61. The van der Waals surface area contributed by atoms with Crippen molar-refractivity contribution in [2.24, 2.45) is 0 Å². The highest BCUT2D eigenvalue weighted by molar-refractivity contribution is 9.10. The third-order valence-corrected chi connectivity index (χ3v) is 6.08. The largest absolute Gasteiger partial charge is 0.450 e. The molecule has 2 aromatic rings. The molecule has 0 saturated heterocycles. The summed E-state index contributed by atoms with van der Waals surface area (Å²) in [7, 11) is -2.23. The van der Waals surface area contributed by atoms with E-state index >= 15 is 0 Å². The lowest BCUT2D eigenvalue weighted by atomic mass is 10.5. The third kappa shape index (κ3) is 3.12. The molecule has 0 unspecified atom stereocenters. The number of furan rings is 1. The second-order valence-corrected chi connectivity index (χ2v) is 7.92. The zero-order valence-corrected chi connectivity index (χ0v) is 14.0. The molecule has 2 heterocycles. The summed E-state index contributed by atoms with van der Waals surface area (Å²) in [6.07, 6.45) is 0. The molecule has 1 N–H and O–H groups in total. The molecule has 20 heavy (non-hydrogen) atoms. The molecule has 2 aromatic heterocycles. The maximum Gasteiger partial charge on any atom is 0.247 e. The summed E-state index contributed by atoms with van der Waals surface area (Å²) in [5.74, 6) is 0.188. The van der Waals surface area contributed by atoms with Crippen molar-refractivity contribution >= 4 is 37.3 Å². The molecular formula is C11H13BrN2O4S2. The zero-order chi connectivity index (χ0) is 14.9. The molecule has 0 fully saturated rings. The molecule has 0 aliphatic carbocycles. The van der Waals surface area contributed by atoms with Crippen molar-refractivity contribution in [2.75, 3.05) is 7.05 Å². The molecule has 9 heteroatoms. The van der Waals surface area contributed by atoms with E-state index < -0.39 is 10.0 Å². The predicted octanol–water partition coefficient (Wildman–Crippen LogP) is 2.12. The maximum absolute atomic E-state index is 12.4. The Labute approximate surface area is 129 Å². The van der Waals surface area contributed by atoms with Gasteiger partial charge in [0.25, 0.3) is 0 Å². The number of aryl methyl sites for hydroxylation is 1. The Kier molecular flexibility index (Phi) is 4.65. The molecule has 0 amide bonds. The highest BCUT2D eigenvalue weighted by atomic mass is 79.9. The minimum atomic E-state index is -3.70. The first-order chi connectivity index (χ1) is 9.34. The SMILES string of the molecule is Cc1nc(CN(C)S(=O)(=O)c2cc(CO)oc2Br)cs1. The van der Waals surface area contributed by atoms with Crippen LogP contribution in [0, 0.1) is 6.92 Å². The van der Waals surface area contributed by atoms with Gasteiger partial charge in [0.05, 0.1) is 17.2 Å². The summed E-state index contributed by atoms with van der Waals surface area (Å²) in [5.41, 5.74) is 0.695. The molecule has 0 aliphatic heterocycles. The number of aliphatic hydroxyl groups excluding tert-OH is 1. The number of sulfonamides is 1. The molecule has 0 atom stereocenters. The smallest absolute Gasteiger partial charge is 0.247 e. The van der Waals surface area contributed by atoms with E-state index in [1.54, 1.807) is 0 Å². The number of thiazole rings is 1. The van der Waals surface area contributed by atoms with Crippen LogP contribution in [0.2, 0.25) is 0 Å². The van der Waals surface area contributed by atoms with Crippen molar-refractivity contribution in [3.8, 4) is 0 Å². The number of nitrogens with zero attached hydrogens (tertiary/aromatic N) is 2. The van der Waals surface area contributed by atoms with Crippen LogP contribution in [0.25, 0.3) is 0 Å². The first kappa shape index (κ1) is 15.6. The Morgan fingerprint density at radius 3 is 2.75 bits per heavy atom. The van der Waals surface area contributed by atoms with Crippen molar-refractivity contribution in [1.82, 2.24) is 9.29 Å². The van der Waals surface area contributed by atoms with E-state index in [0.29, 0.717) is 5.69 Å². The second-order valence-electron chi connectivity index (χ2n) is 4.13. The van der Waals surface area contributed by atoms with Crippen LogP contribution in [0.4, 0.5) is 0 Å². The van der Waals surface area contributed by atoms with Crippen LogP contribution in [0.3, 0.4) is 0 Å². The fraction of sp³-hybridized carbons (Fsp3) is 0.364. The van der Waals surface area contributed by atoms with E-state index in [2.05, 4.69) is 20.9 Å². The van der Waals surface area contributed by atoms with Gasteiger partial charge in [-0.2, -0.15) is 4.31 Å². The highest BCUT2D eigenvalue weighted by Gasteiger charge is 2.27. The monoisotopic (exact) mass is 380 g/mol. The van der Waals surface area contributed by atoms with E-state index in [-0.39, 0.29) is 28.5 Å². The number of hydrogen-bond acceptors (Lipinski definition) is 6. The van der Waals surface area contributed by atoms with Gasteiger partial charge in [0.2, 0.25) is 10.0 Å². The molecule has 0 aromatic carbocycles. The molecule has 0 radical (unpaired) electrons. The normalized spacial score (nSPS) is 12.2. The van der Waals surface area contributed by atoms with Crippen LogP contribution in [-0.2, 0) is 23.2 Å². The van der Waals surface area contributed by atoms with E-state index in [4.69, 9.17) is 9.52 Å². The first-order valence-corrected chi connectivity index (χ1v) is 8.72. The second kappa shape index (κ2) is 5.94. The average Bonchev–Trinajstić information content (AvgIpc) is 2.95. The van der Waals surface area contributed by atoms with E-state index in [1.807, 2.05) is 12.3 Å². The molecular weight excluding hydrogens is 368 g/mol. The molecule has 0 saturated carbocycles. The van der Waals surface area contributed by atoms with Gasteiger partial charge < -0.3 is 9.52 Å². The number of halogens is 1. The van der Waals surface area contributed by atoms with Crippen molar-refractivity contribution in [3.05, 3.63) is 32.6 Å². The van der Waals surface area contributed by atoms with Crippen molar-refractivity contribution in [3.63, 3.8) is 0 Å². The molecule has 0 aliphatic rings. The lowest BCUT2D eigenvalue weighted by molar-refractivity contribution is 0.245. The van der Waals surface area contributed by atoms with Gasteiger partial charge in [-0.05, 0) is 22.9 Å². The lowest BCUT2D eigenvalue weighted by Crippen LogP contribution is -2.26. The Morgan fingerprint density at radius 2 is 2.25 bits per heavy atom. The summed E-state index contributed by atoms with van der Waals surface area (Å²) in [5, 5.41) is 11.7. The van der Waals surface area contributed by atoms with Crippen LogP contribution in [0.15, 0.2) is 25.4 Å². The standard InChI is InChI=1S/C11H13BrN2O4S2/c1-7-13-8(6-19-7)4-14(2)20(16,17)10-3-9(5-15)18-11(10)12/h3,6,15H,4-5H2,1-2H3. The predicted molar refractivity (Wildman–Crippen MR) is 77.8 cm³/mol. The van der Waals surface area contributed by atoms with Crippen molar-refractivity contribution in [2.45, 2.75) is 25.0 Å². The Morgan fingerprint density at radius 1 is 1.55 bits per heavy atom. The van der Waals surface area contributed by atoms with Gasteiger partial charge >= 0.3 is 0 Å². The summed E-state index contributed by atoms with van der Waals surface area (Å²) >= 11 is 4.52. The van der Waals surface area contributed by atoms with E-state index in [9.17, 15) is 8.42 Å². The Bertz CT molecular complexity index is 708. The molecule has 6 nitrogen and oxygen atoms in total. The van der Waals surface area contributed by atoms with Gasteiger partial charge in [0, 0.05) is 18.5 Å². The van der Waals surface area contributed by atoms with Crippen LogP contribution in [0.1, 0.15) is 16.5 Å². The zero-order valence-electron chi connectivity index (χ0n) is 10.8. The fourth-order valence-corrected chi connectivity index (χ4v) is 4.32. The van der Waals surface area contributed by atoms with Crippen molar-refractivity contribution in [1.29, 1.82) is 0 Å². The van der Waals surface area contributed by atoms with Gasteiger partial charge in [-0.15, -0.1) is 11.3 Å². The summed E-state index contributed by atoms with van der Waals surface area (Å²) in [4.78, 5) is 4.24. The summed E-state index contributed by atoms with van der Waals surface area (Å²) in [6, 6.07) is 1.31. The van der Waals surface area contributed by atoms with E-state index in [1.165, 1.54) is 28.8 Å². The molecule has 2 rings (SSSR count). The Hall–Kier alpha value is -0.740. The highest BCUT2D eigenvalue weighted by Crippen LogP contribution is 2.29. The summed E-state index contributed by atoms with van der Waals surface area (Å²) < 4.78 is 31.2. The number of hydrogen-bond donors (Lipinski definition) is 1. The van der Waals surface area contributed by atoms with Crippen LogP contribution >= 0.6 is 27.3 Å². The van der Waals surface area contributed by atoms with Gasteiger partial charge in [0.15, 0.2) is 4.67 Å². The summed E-state index contributed by atoms with van der Waals surface area (Å²) in [6.45, 7) is 1.69. The molecule has 110 valence electrons. The topological polar surface area (TPSA) is 83.6 Å². The number of aromatic nitrogens is 1. The van der Waals surface area contributed by atoms with Crippen molar-refractivity contribution < 1.29 is 17.9 Å². The quantitative estimate of drug-likeness (QED) is 0.858. The van der Waals surface area contributed by atoms with Crippen LogP contribution in [-0.4, -0.2) is 29.9 Å². The Balaban J connectivity index is 2.26. The van der Waals surface area contributed by atoms with Gasteiger partial charge in [-0.3, -0.25) is 0 Å². The minimum Gasteiger partial charge on any atom is -0.450 e. The van der Waals surface area contributed by atoms with Crippen LogP contribution < -0.4 is 0 Å². The molecule has 0 bridgehead atoms. The van der Waals surface area contributed by atoms with Crippen LogP contribution in [0.5, 0.6) is 0 Å². The van der Waals surface area contributed by atoms with Gasteiger partial charge in [-0.25, -0.2) is 13.4 Å². The average molecular weight is 381 g/mol. The minimum absolute atomic E-state index is 0.00370. The van der Waals surface area contributed by atoms with Gasteiger partial charge in [-0.1, -0.05) is 0 Å². The maximum atomic E-state index is 12.4. The third-order valence-electron chi connectivity index (χ3n) is 2.60. The number of aliphatic hydroxyl groups is 1. The van der Waals surface area contributed by atoms with Gasteiger partial charge in [0.1, 0.15) is 17.3 Å². The number of rotatable bonds is 5. The fourth-order valence-electron chi connectivity index (χ4n) is 1.61. The van der Waals surface area contributed by atoms with E-state index in [0.717, 1.165) is 5.01 Å². The lowest BCUT2D eigenvalue weighted by Gasteiger charge is -2.14.